The van der Waals surface area contributed by atoms with E-state index >= 15 is 0 Å². The van der Waals surface area contributed by atoms with Gasteiger partial charge in [0.15, 0.2) is 0 Å². The Kier molecular flexibility index (Phi) is 2.74. The fraction of sp³-hybridized carbons (Fsp3) is 0.875. The molecule has 0 bridgehead atoms. The number of carbonyl (C=O) groups excluding carboxylic acids is 1. The maximum Gasteiger partial charge on any atom is 0.314 e. The molecule has 1 rings (SSSR count). The van der Waals surface area contributed by atoms with Crippen molar-refractivity contribution in [3.63, 3.8) is 0 Å². The van der Waals surface area contributed by atoms with Crippen LogP contribution in [0.2, 0.25) is 0 Å². The second-order valence-electron chi connectivity index (χ2n) is 3.12. The summed E-state index contributed by atoms with van der Waals surface area (Å²) in [4.78, 5) is 10.7. The summed E-state index contributed by atoms with van der Waals surface area (Å²) in [6.07, 6.45) is 2.54. The van der Waals surface area contributed by atoms with Crippen molar-refractivity contribution in [3.8, 4) is 0 Å². The van der Waals surface area contributed by atoms with E-state index in [1.165, 1.54) is 12.8 Å². The fourth-order valence-electron chi connectivity index (χ4n) is 1.37. The van der Waals surface area contributed by atoms with Crippen molar-refractivity contribution < 1.29 is 4.79 Å². The van der Waals surface area contributed by atoms with Crippen LogP contribution in [0.15, 0.2) is 0 Å². The summed E-state index contributed by atoms with van der Waals surface area (Å²) < 4.78 is 0. The van der Waals surface area contributed by atoms with E-state index < -0.39 is 0 Å². The average Bonchev–Trinajstić information content (AvgIpc) is 2.78. The number of carbonyl (C=O) groups is 1. The quantitative estimate of drug-likeness (QED) is 0.628. The van der Waals surface area contributed by atoms with Crippen LogP contribution in [0.25, 0.3) is 0 Å². The van der Waals surface area contributed by atoms with Crippen molar-refractivity contribution in [2.75, 3.05) is 13.6 Å². The molecule has 3 nitrogen and oxygen atoms in total. The number of rotatable bonds is 3. The van der Waals surface area contributed by atoms with E-state index in [1.54, 1.807) is 7.05 Å². The highest BCUT2D eigenvalue weighted by Crippen LogP contribution is 2.40. The van der Waals surface area contributed by atoms with Gasteiger partial charge in [0.1, 0.15) is 0 Å². The highest BCUT2D eigenvalue weighted by Gasteiger charge is 2.34. The van der Waals surface area contributed by atoms with Crippen molar-refractivity contribution in [3.05, 3.63) is 0 Å². The van der Waals surface area contributed by atoms with Crippen LogP contribution in [0.3, 0.4) is 0 Å². The van der Waals surface area contributed by atoms with Crippen molar-refractivity contribution in [1.82, 2.24) is 10.6 Å². The van der Waals surface area contributed by atoms with Gasteiger partial charge in [0.2, 0.25) is 0 Å². The van der Waals surface area contributed by atoms with Gasteiger partial charge in [0.25, 0.3) is 0 Å². The zero-order valence-corrected chi connectivity index (χ0v) is 7.18. The van der Waals surface area contributed by atoms with Crippen LogP contribution in [0.1, 0.15) is 19.8 Å². The number of amides is 2. The lowest BCUT2D eigenvalue weighted by Crippen LogP contribution is -2.34. The largest absolute Gasteiger partial charge is 0.341 e. The molecule has 2 amide bonds. The summed E-state index contributed by atoms with van der Waals surface area (Å²) in [5, 5.41) is 5.34. The third-order valence-electron chi connectivity index (χ3n) is 2.35. The molecule has 3 heteroatoms. The first-order chi connectivity index (χ1) is 5.27. The van der Waals surface area contributed by atoms with Crippen molar-refractivity contribution >= 4 is 6.03 Å². The zero-order valence-electron chi connectivity index (χ0n) is 7.18. The second-order valence-corrected chi connectivity index (χ2v) is 3.12. The van der Waals surface area contributed by atoms with Crippen LogP contribution in [0.4, 0.5) is 4.79 Å². The van der Waals surface area contributed by atoms with Gasteiger partial charge in [-0.3, -0.25) is 0 Å². The molecule has 1 aliphatic rings. The minimum Gasteiger partial charge on any atom is -0.341 e. The summed E-state index contributed by atoms with van der Waals surface area (Å²) >= 11 is 0. The fourth-order valence-corrected chi connectivity index (χ4v) is 1.37. The Labute approximate surface area is 67.5 Å². The molecule has 0 saturated heterocycles. The Bertz CT molecular complexity index is 147. The maximum absolute atomic E-state index is 10.7. The molecule has 0 radical (unpaired) electrons. The average molecular weight is 156 g/mol. The van der Waals surface area contributed by atoms with Crippen LogP contribution in [0.5, 0.6) is 0 Å². The van der Waals surface area contributed by atoms with Crippen molar-refractivity contribution in [2.45, 2.75) is 19.8 Å². The van der Waals surface area contributed by atoms with Crippen LogP contribution in [-0.4, -0.2) is 19.6 Å². The molecular formula is C8H16N2O. The minimum absolute atomic E-state index is 0.0632. The lowest BCUT2D eigenvalue weighted by atomic mass is 10.2. The van der Waals surface area contributed by atoms with E-state index in [-0.39, 0.29) is 6.03 Å². The highest BCUT2D eigenvalue weighted by atomic mass is 16.2. The predicted octanol–water partition coefficient (Wildman–Crippen LogP) is 0.961. The topological polar surface area (TPSA) is 41.1 Å². The smallest absolute Gasteiger partial charge is 0.314 e. The van der Waals surface area contributed by atoms with Crippen molar-refractivity contribution in [2.24, 2.45) is 11.8 Å². The lowest BCUT2D eigenvalue weighted by Gasteiger charge is -2.01. The summed E-state index contributed by atoms with van der Waals surface area (Å²) in [5.41, 5.74) is 0. The molecule has 0 spiro atoms. The Morgan fingerprint density at radius 2 is 2.27 bits per heavy atom. The SMILES string of the molecule is CCC1CC1CNC(=O)NC. The van der Waals surface area contributed by atoms with Gasteiger partial charge in [-0.05, 0) is 18.3 Å². The first kappa shape index (κ1) is 8.37. The Balaban J connectivity index is 2.01. The normalized spacial score (nSPS) is 27.8. The Hall–Kier alpha value is -0.730. The molecule has 0 heterocycles. The van der Waals surface area contributed by atoms with Gasteiger partial charge in [-0.2, -0.15) is 0 Å². The first-order valence-corrected chi connectivity index (χ1v) is 4.23. The molecule has 64 valence electrons. The molecule has 0 aromatic rings. The zero-order chi connectivity index (χ0) is 8.27. The molecule has 0 aromatic carbocycles. The van der Waals surface area contributed by atoms with E-state index in [4.69, 9.17) is 0 Å². The minimum atomic E-state index is -0.0632. The molecule has 0 aliphatic heterocycles. The standard InChI is InChI=1S/C8H16N2O/c1-3-6-4-7(6)5-10-8(11)9-2/h6-7H,3-5H2,1-2H3,(H2,9,10,11). The summed E-state index contributed by atoms with van der Waals surface area (Å²) in [7, 11) is 1.64. The van der Waals surface area contributed by atoms with E-state index in [0.717, 1.165) is 18.4 Å². The second kappa shape index (κ2) is 3.60. The van der Waals surface area contributed by atoms with E-state index in [0.29, 0.717) is 0 Å². The molecule has 1 saturated carbocycles. The third-order valence-corrected chi connectivity index (χ3v) is 2.35. The molecule has 2 unspecified atom stereocenters. The summed E-state index contributed by atoms with van der Waals surface area (Å²) in [6, 6.07) is -0.0632. The third kappa shape index (κ3) is 2.41. The monoisotopic (exact) mass is 156 g/mol. The Morgan fingerprint density at radius 3 is 2.73 bits per heavy atom. The lowest BCUT2D eigenvalue weighted by molar-refractivity contribution is 0.242. The highest BCUT2D eigenvalue weighted by molar-refractivity contribution is 5.73. The van der Waals surface area contributed by atoms with E-state index in [1.807, 2.05) is 0 Å². The van der Waals surface area contributed by atoms with Gasteiger partial charge in [0, 0.05) is 13.6 Å². The van der Waals surface area contributed by atoms with Crippen LogP contribution in [0, 0.1) is 11.8 Å². The molecule has 1 fully saturated rings. The van der Waals surface area contributed by atoms with Gasteiger partial charge in [-0.15, -0.1) is 0 Å². The number of urea groups is 1. The summed E-state index contributed by atoms with van der Waals surface area (Å²) in [6.45, 7) is 3.04. The Morgan fingerprint density at radius 1 is 1.55 bits per heavy atom. The van der Waals surface area contributed by atoms with E-state index in [9.17, 15) is 4.79 Å². The van der Waals surface area contributed by atoms with Gasteiger partial charge in [-0.25, -0.2) is 4.79 Å². The first-order valence-electron chi connectivity index (χ1n) is 4.23. The van der Waals surface area contributed by atoms with Gasteiger partial charge in [-0.1, -0.05) is 13.3 Å². The van der Waals surface area contributed by atoms with Crippen LogP contribution >= 0.6 is 0 Å². The number of nitrogens with one attached hydrogen (secondary N) is 2. The van der Waals surface area contributed by atoms with Crippen LogP contribution < -0.4 is 10.6 Å². The summed E-state index contributed by atoms with van der Waals surface area (Å²) in [5.74, 6) is 1.62. The molecule has 2 atom stereocenters. The van der Waals surface area contributed by atoms with Gasteiger partial charge < -0.3 is 10.6 Å². The van der Waals surface area contributed by atoms with Crippen molar-refractivity contribution in [1.29, 1.82) is 0 Å². The molecule has 11 heavy (non-hydrogen) atoms. The molecular weight excluding hydrogens is 140 g/mol. The van der Waals surface area contributed by atoms with Gasteiger partial charge in [0.05, 0.1) is 0 Å². The predicted molar refractivity (Wildman–Crippen MR) is 44.3 cm³/mol. The number of hydrogen-bond donors (Lipinski definition) is 2. The molecule has 1 aliphatic carbocycles. The molecule has 0 aromatic heterocycles. The van der Waals surface area contributed by atoms with Gasteiger partial charge >= 0.3 is 6.03 Å². The van der Waals surface area contributed by atoms with Crippen LogP contribution in [-0.2, 0) is 0 Å². The van der Waals surface area contributed by atoms with E-state index in [2.05, 4.69) is 17.6 Å². The molecule has 2 N–H and O–H groups in total. The number of hydrogen-bond acceptors (Lipinski definition) is 1. The maximum atomic E-state index is 10.7.